The van der Waals surface area contributed by atoms with Crippen molar-refractivity contribution >= 4 is 47.4 Å². The van der Waals surface area contributed by atoms with Gasteiger partial charge in [-0.25, -0.2) is 4.98 Å². The number of fused-ring (bicyclic) bond motifs is 1. The molecule has 0 aliphatic heterocycles. The zero-order valence-electron chi connectivity index (χ0n) is 18.6. The number of benzene rings is 2. The van der Waals surface area contributed by atoms with E-state index in [1.165, 1.54) is 0 Å². The van der Waals surface area contributed by atoms with E-state index in [0.29, 0.717) is 16.2 Å². The van der Waals surface area contributed by atoms with Crippen LogP contribution in [-0.4, -0.2) is 22.6 Å². The summed E-state index contributed by atoms with van der Waals surface area (Å²) < 4.78 is 1.71. The maximum Gasteiger partial charge on any atom is 0.264 e. The predicted molar refractivity (Wildman–Crippen MR) is 136 cm³/mol. The largest absolute Gasteiger partial charge is 0.368 e. The highest BCUT2D eigenvalue weighted by molar-refractivity contribution is 6.89. The number of pyridine rings is 1. The molecule has 0 bridgehead atoms. The van der Waals surface area contributed by atoms with Gasteiger partial charge in [0.1, 0.15) is 5.82 Å². The fraction of sp³-hybridized carbons (Fsp3) is 0.208. The van der Waals surface area contributed by atoms with E-state index in [1.807, 2.05) is 61.7 Å². The number of halogens is 1. The quantitative estimate of drug-likeness (QED) is 0.418. The van der Waals surface area contributed by atoms with Crippen molar-refractivity contribution in [3.8, 4) is 5.69 Å². The van der Waals surface area contributed by atoms with Crippen LogP contribution in [0.1, 0.15) is 18.7 Å². The molecule has 8 heteroatoms. The third kappa shape index (κ3) is 4.13. The van der Waals surface area contributed by atoms with E-state index < -0.39 is 8.07 Å². The summed E-state index contributed by atoms with van der Waals surface area (Å²) in [5.41, 5.74) is 7.32. The molecule has 2 aromatic heterocycles. The van der Waals surface area contributed by atoms with Crippen molar-refractivity contribution in [1.82, 2.24) is 14.5 Å². The van der Waals surface area contributed by atoms with Crippen LogP contribution in [0.4, 0.5) is 11.8 Å². The van der Waals surface area contributed by atoms with Gasteiger partial charge in [0.05, 0.1) is 24.5 Å². The maximum absolute atomic E-state index is 13.6. The molecule has 0 unspecified atom stereocenters. The van der Waals surface area contributed by atoms with E-state index in [9.17, 15) is 4.79 Å². The van der Waals surface area contributed by atoms with E-state index in [2.05, 4.69) is 34.9 Å². The fourth-order valence-electron chi connectivity index (χ4n) is 3.84. The summed E-state index contributed by atoms with van der Waals surface area (Å²) in [7, 11) is -1.74. The topological polar surface area (TPSA) is 85.8 Å². The minimum absolute atomic E-state index is 0.157. The highest BCUT2D eigenvalue weighted by atomic mass is 35.5. The molecule has 0 saturated carbocycles. The highest BCUT2D eigenvalue weighted by Gasteiger charge is 2.25. The van der Waals surface area contributed by atoms with Crippen molar-refractivity contribution < 1.29 is 0 Å². The molecule has 2 aromatic carbocycles. The van der Waals surface area contributed by atoms with Gasteiger partial charge in [-0.05, 0) is 41.8 Å². The number of anilines is 2. The van der Waals surface area contributed by atoms with Crippen LogP contribution in [-0.2, 0) is 0 Å². The SMILES string of the molecule is C[C@H](Nc1nc(N)ncc1[Si](C)(C)C)c1cc2cccc(Cl)c2c(=O)n1-c1ccccc1. The fourth-order valence-corrected chi connectivity index (χ4v) is 5.39. The van der Waals surface area contributed by atoms with Crippen molar-refractivity contribution in [2.24, 2.45) is 0 Å². The Hall–Kier alpha value is -3.16. The van der Waals surface area contributed by atoms with Gasteiger partial charge in [0.2, 0.25) is 5.95 Å². The first-order valence-electron chi connectivity index (χ1n) is 10.5. The van der Waals surface area contributed by atoms with Gasteiger partial charge in [-0.15, -0.1) is 0 Å². The Morgan fingerprint density at radius 2 is 1.81 bits per heavy atom. The number of nitrogens with one attached hydrogen (secondary N) is 1. The number of nitrogen functional groups attached to an aromatic ring is 1. The van der Waals surface area contributed by atoms with Crippen molar-refractivity contribution in [3.05, 3.63) is 81.9 Å². The third-order valence-electron chi connectivity index (χ3n) is 5.45. The second kappa shape index (κ2) is 8.41. The molecule has 0 spiro atoms. The van der Waals surface area contributed by atoms with Gasteiger partial charge in [-0.2, -0.15) is 4.98 Å². The average Bonchev–Trinajstić information content (AvgIpc) is 2.73. The Bertz CT molecular complexity index is 1350. The molecule has 6 nitrogen and oxygen atoms in total. The first kappa shape index (κ1) is 22.0. The Labute approximate surface area is 193 Å². The Morgan fingerprint density at radius 3 is 2.50 bits per heavy atom. The number of hydrogen-bond donors (Lipinski definition) is 2. The Balaban J connectivity index is 1.92. The van der Waals surface area contributed by atoms with E-state index in [-0.39, 0.29) is 17.5 Å². The molecule has 0 aliphatic carbocycles. The van der Waals surface area contributed by atoms with Crippen LogP contribution < -0.4 is 21.8 Å². The lowest BCUT2D eigenvalue weighted by Gasteiger charge is -2.25. The normalized spacial score (nSPS) is 12.7. The van der Waals surface area contributed by atoms with Crippen molar-refractivity contribution in [2.75, 3.05) is 11.1 Å². The molecule has 0 amide bonds. The predicted octanol–water partition coefficient (Wildman–Crippen LogP) is 4.73. The van der Waals surface area contributed by atoms with E-state index >= 15 is 0 Å². The van der Waals surface area contributed by atoms with Crippen molar-refractivity contribution in [1.29, 1.82) is 0 Å². The number of nitrogens with zero attached hydrogens (tertiary/aromatic N) is 3. The van der Waals surface area contributed by atoms with Crippen LogP contribution in [0.25, 0.3) is 16.5 Å². The van der Waals surface area contributed by atoms with E-state index in [0.717, 1.165) is 22.0 Å². The lowest BCUT2D eigenvalue weighted by molar-refractivity contribution is 0.774. The van der Waals surface area contributed by atoms with Crippen LogP contribution in [0.15, 0.2) is 65.6 Å². The lowest BCUT2D eigenvalue weighted by Crippen LogP contribution is -2.41. The molecule has 32 heavy (non-hydrogen) atoms. The zero-order valence-corrected chi connectivity index (χ0v) is 20.3. The molecule has 3 N–H and O–H groups in total. The van der Waals surface area contributed by atoms with Gasteiger partial charge >= 0.3 is 0 Å². The van der Waals surface area contributed by atoms with Gasteiger partial charge < -0.3 is 11.1 Å². The molecule has 0 saturated heterocycles. The van der Waals surface area contributed by atoms with Gasteiger partial charge in [0.25, 0.3) is 5.56 Å². The highest BCUT2D eigenvalue weighted by Crippen LogP contribution is 2.27. The van der Waals surface area contributed by atoms with Crippen LogP contribution >= 0.6 is 11.6 Å². The second-order valence-corrected chi connectivity index (χ2v) is 14.3. The van der Waals surface area contributed by atoms with Crippen LogP contribution in [0.5, 0.6) is 0 Å². The molecule has 2 heterocycles. The van der Waals surface area contributed by atoms with Crippen molar-refractivity contribution in [3.63, 3.8) is 0 Å². The number of aromatic nitrogens is 3. The number of nitrogens with two attached hydrogens (primary N) is 1. The van der Waals surface area contributed by atoms with Gasteiger partial charge in [-0.3, -0.25) is 9.36 Å². The van der Waals surface area contributed by atoms with Gasteiger partial charge in [-0.1, -0.05) is 61.6 Å². The zero-order chi connectivity index (χ0) is 23.0. The molecule has 0 radical (unpaired) electrons. The standard InChI is InChI=1S/C24H26ClN5OSi/c1-15(28-22-20(32(2,3)4)14-27-24(26)29-22)19-13-16-9-8-12-18(25)21(16)23(31)30(19)17-10-6-5-7-11-17/h5-15H,1-4H3,(H3,26,27,28,29)/t15-/m0/s1. The average molecular weight is 464 g/mol. The summed E-state index contributed by atoms with van der Waals surface area (Å²) in [6.07, 6.45) is 1.81. The summed E-state index contributed by atoms with van der Waals surface area (Å²) in [5.74, 6) is 0.926. The van der Waals surface area contributed by atoms with Crippen molar-refractivity contribution in [2.45, 2.75) is 32.6 Å². The lowest BCUT2D eigenvalue weighted by atomic mass is 10.1. The first-order valence-corrected chi connectivity index (χ1v) is 14.3. The van der Waals surface area contributed by atoms with Crippen LogP contribution in [0.3, 0.4) is 0 Å². The minimum Gasteiger partial charge on any atom is -0.368 e. The van der Waals surface area contributed by atoms with Crippen LogP contribution in [0.2, 0.25) is 24.7 Å². The van der Waals surface area contributed by atoms with E-state index in [1.54, 1.807) is 10.6 Å². The van der Waals surface area contributed by atoms with Gasteiger partial charge in [0, 0.05) is 17.6 Å². The molecular weight excluding hydrogens is 438 g/mol. The first-order chi connectivity index (χ1) is 15.2. The summed E-state index contributed by atoms with van der Waals surface area (Å²) in [4.78, 5) is 22.3. The summed E-state index contributed by atoms with van der Waals surface area (Å²) >= 11 is 6.42. The Morgan fingerprint density at radius 1 is 1.09 bits per heavy atom. The molecule has 4 aromatic rings. The van der Waals surface area contributed by atoms with E-state index in [4.69, 9.17) is 17.3 Å². The number of hydrogen-bond acceptors (Lipinski definition) is 5. The van der Waals surface area contributed by atoms with Gasteiger partial charge in [0.15, 0.2) is 0 Å². The molecular formula is C24H26ClN5OSi. The number of para-hydroxylation sites is 1. The molecule has 164 valence electrons. The summed E-state index contributed by atoms with van der Waals surface area (Å²) in [6.45, 7) is 8.71. The number of rotatable bonds is 5. The molecule has 0 fully saturated rings. The molecule has 0 aliphatic rings. The smallest absolute Gasteiger partial charge is 0.264 e. The summed E-state index contributed by atoms with van der Waals surface area (Å²) in [6, 6.07) is 16.8. The second-order valence-electron chi connectivity index (χ2n) is 8.86. The minimum atomic E-state index is -1.74. The third-order valence-corrected chi connectivity index (χ3v) is 7.75. The van der Waals surface area contributed by atoms with Crippen LogP contribution in [0, 0.1) is 0 Å². The monoisotopic (exact) mass is 463 g/mol. The molecule has 4 rings (SSSR count). The molecule has 1 atom stereocenters. The maximum atomic E-state index is 13.6. The summed E-state index contributed by atoms with van der Waals surface area (Å²) in [5, 5.41) is 6.32. The Kier molecular flexibility index (Phi) is 5.79.